The number of aryl methyl sites for hydroxylation is 1. The topological polar surface area (TPSA) is 24.9 Å². The van der Waals surface area contributed by atoms with Crippen LogP contribution < -0.4 is 5.32 Å². The lowest BCUT2D eigenvalue weighted by molar-refractivity contribution is 0.720. The van der Waals surface area contributed by atoms with Crippen LogP contribution in [-0.4, -0.2) is 12.0 Å². The molecule has 0 radical (unpaired) electrons. The molecular weight excluding hydrogens is 248 g/mol. The molecule has 0 bridgehead atoms. The zero-order valence-corrected chi connectivity index (χ0v) is 10.5. The van der Waals surface area contributed by atoms with Gasteiger partial charge in [0.1, 0.15) is 4.60 Å². The molecule has 1 rings (SSSR count). The van der Waals surface area contributed by atoms with Gasteiger partial charge < -0.3 is 5.32 Å². The van der Waals surface area contributed by atoms with E-state index in [1.807, 2.05) is 7.05 Å². The van der Waals surface area contributed by atoms with Gasteiger partial charge in [-0.15, -0.1) is 11.3 Å². The number of thiazole rings is 1. The standard InChI is InChI=1S/C9H15BrN2S/c1-3-4-5-6-7-8(10)12-9(11-2)13-7/h3-6H2,1-2H3,(H,11,12). The summed E-state index contributed by atoms with van der Waals surface area (Å²) in [4.78, 5) is 5.69. The Hall–Kier alpha value is -0.0900. The van der Waals surface area contributed by atoms with Crippen LogP contribution >= 0.6 is 27.3 Å². The molecule has 0 aliphatic rings. The van der Waals surface area contributed by atoms with Crippen LogP contribution in [0.5, 0.6) is 0 Å². The van der Waals surface area contributed by atoms with Gasteiger partial charge in [0.2, 0.25) is 0 Å². The summed E-state index contributed by atoms with van der Waals surface area (Å²) in [6.45, 7) is 2.22. The monoisotopic (exact) mass is 262 g/mol. The average Bonchev–Trinajstić information content (AvgIpc) is 2.48. The van der Waals surface area contributed by atoms with Crippen LogP contribution in [0.3, 0.4) is 0 Å². The van der Waals surface area contributed by atoms with Crippen molar-refractivity contribution in [1.82, 2.24) is 4.98 Å². The second-order valence-electron chi connectivity index (χ2n) is 2.94. The molecule has 4 heteroatoms. The summed E-state index contributed by atoms with van der Waals surface area (Å²) in [6.07, 6.45) is 4.99. The Morgan fingerprint density at radius 3 is 2.77 bits per heavy atom. The van der Waals surface area contributed by atoms with E-state index in [4.69, 9.17) is 0 Å². The first-order valence-corrected chi connectivity index (χ1v) is 6.21. The van der Waals surface area contributed by atoms with Gasteiger partial charge >= 0.3 is 0 Å². The Morgan fingerprint density at radius 2 is 2.23 bits per heavy atom. The summed E-state index contributed by atoms with van der Waals surface area (Å²) >= 11 is 5.21. The molecule has 0 aromatic carbocycles. The Balaban J connectivity index is 2.50. The maximum Gasteiger partial charge on any atom is 0.183 e. The third-order valence-corrected chi connectivity index (χ3v) is 3.92. The summed E-state index contributed by atoms with van der Waals surface area (Å²) in [5.74, 6) is 0. The smallest absolute Gasteiger partial charge is 0.183 e. The van der Waals surface area contributed by atoms with E-state index in [1.54, 1.807) is 11.3 Å². The molecule has 1 aromatic heterocycles. The molecule has 0 fully saturated rings. The highest BCUT2D eigenvalue weighted by molar-refractivity contribution is 9.10. The number of nitrogens with one attached hydrogen (secondary N) is 1. The van der Waals surface area contributed by atoms with Crippen molar-refractivity contribution in [3.05, 3.63) is 9.48 Å². The minimum Gasteiger partial charge on any atom is -0.365 e. The third kappa shape index (κ3) is 3.27. The van der Waals surface area contributed by atoms with E-state index < -0.39 is 0 Å². The molecular formula is C9H15BrN2S. The molecule has 1 aromatic rings. The molecule has 0 atom stereocenters. The molecule has 1 N–H and O–H groups in total. The Morgan fingerprint density at radius 1 is 1.46 bits per heavy atom. The predicted octanol–water partition coefficient (Wildman–Crippen LogP) is 3.68. The SMILES string of the molecule is CCCCCc1sc(NC)nc1Br. The first-order chi connectivity index (χ1) is 6.27. The second-order valence-corrected chi connectivity index (χ2v) is 4.77. The van der Waals surface area contributed by atoms with Gasteiger partial charge in [-0.3, -0.25) is 0 Å². The number of anilines is 1. The van der Waals surface area contributed by atoms with Crippen LogP contribution in [-0.2, 0) is 6.42 Å². The van der Waals surface area contributed by atoms with E-state index >= 15 is 0 Å². The molecule has 0 saturated heterocycles. The minimum absolute atomic E-state index is 0.998. The van der Waals surface area contributed by atoms with Crippen LogP contribution in [0.1, 0.15) is 31.1 Å². The lowest BCUT2D eigenvalue weighted by atomic mass is 10.2. The first-order valence-electron chi connectivity index (χ1n) is 4.61. The predicted molar refractivity (Wildman–Crippen MR) is 62.6 cm³/mol. The normalized spacial score (nSPS) is 10.4. The number of unbranched alkanes of at least 4 members (excludes halogenated alkanes) is 2. The van der Waals surface area contributed by atoms with Gasteiger partial charge in [0, 0.05) is 11.9 Å². The number of hydrogen-bond acceptors (Lipinski definition) is 3. The van der Waals surface area contributed by atoms with Gasteiger partial charge in [0.05, 0.1) is 0 Å². The number of aromatic nitrogens is 1. The maximum absolute atomic E-state index is 4.33. The van der Waals surface area contributed by atoms with E-state index in [0.717, 1.165) is 16.2 Å². The molecule has 0 aliphatic heterocycles. The molecule has 1 heterocycles. The maximum atomic E-state index is 4.33. The van der Waals surface area contributed by atoms with Crippen molar-refractivity contribution >= 4 is 32.4 Å². The Bertz CT molecular complexity index is 260. The zero-order chi connectivity index (χ0) is 9.68. The summed E-state index contributed by atoms with van der Waals surface area (Å²) < 4.78 is 1.01. The Labute approximate surface area is 91.9 Å². The molecule has 0 unspecified atom stereocenters. The fourth-order valence-corrected chi connectivity index (χ4v) is 2.71. The molecule has 13 heavy (non-hydrogen) atoms. The lowest BCUT2D eigenvalue weighted by Crippen LogP contribution is -1.83. The number of halogens is 1. The summed E-state index contributed by atoms with van der Waals surface area (Å²) in [5.41, 5.74) is 0. The van der Waals surface area contributed by atoms with Crippen LogP contribution in [0.15, 0.2) is 4.60 Å². The summed E-state index contributed by atoms with van der Waals surface area (Å²) in [7, 11) is 1.90. The quantitative estimate of drug-likeness (QED) is 0.820. The van der Waals surface area contributed by atoms with E-state index in [-0.39, 0.29) is 0 Å². The van der Waals surface area contributed by atoms with Gasteiger partial charge in [-0.2, -0.15) is 0 Å². The van der Waals surface area contributed by atoms with Crippen molar-refractivity contribution in [3.8, 4) is 0 Å². The second kappa shape index (κ2) is 5.60. The van der Waals surface area contributed by atoms with Gasteiger partial charge in [0.25, 0.3) is 0 Å². The van der Waals surface area contributed by atoms with Gasteiger partial charge in [-0.25, -0.2) is 4.98 Å². The number of hydrogen-bond donors (Lipinski definition) is 1. The number of rotatable bonds is 5. The molecule has 74 valence electrons. The van der Waals surface area contributed by atoms with Crippen molar-refractivity contribution in [1.29, 1.82) is 0 Å². The third-order valence-electron chi connectivity index (χ3n) is 1.87. The minimum atomic E-state index is 0.998. The fourth-order valence-electron chi connectivity index (χ4n) is 1.13. The summed E-state index contributed by atoms with van der Waals surface area (Å²) in [6, 6.07) is 0. The fraction of sp³-hybridized carbons (Fsp3) is 0.667. The van der Waals surface area contributed by atoms with Crippen LogP contribution in [0.25, 0.3) is 0 Å². The van der Waals surface area contributed by atoms with Gasteiger partial charge in [0.15, 0.2) is 5.13 Å². The average molecular weight is 263 g/mol. The van der Waals surface area contributed by atoms with E-state index in [2.05, 4.69) is 33.2 Å². The van der Waals surface area contributed by atoms with Crippen molar-refractivity contribution in [2.45, 2.75) is 32.6 Å². The highest BCUT2D eigenvalue weighted by Gasteiger charge is 2.06. The molecule has 0 aliphatic carbocycles. The molecule has 0 spiro atoms. The largest absolute Gasteiger partial charge is 0.365 e. The first kappa shape index (κ1) is 11.0. The Kier molecular flexibility index (Phi) is 4.73. The number of nitrogens with zero attached hydrogens (tertiary/aromatic N) is 1. The summed E-state index contributed by atoms with van der Waals surface area (Å²) in [5, 5.41) is 4.05. The van der Waals surface area contributed by atoms with Crippen LogP contribution in [0.4, 0.5) is 5.13 Å². The van der Waals surface area contributed by atoms with Crippen molar-refractivity contribution in [3.63, 3.8) is 0 Å². The van der Waals surface area contributed by atoms with E-state index in [9.17, 15) is 0 Å². The van der Waals surface area contributed by atoms with Gasteiger partial charge in [-0.05, 0) is 28.8 Å². The zero-order valence-electron chi connectivity index (χ0n) is 8.06. The van der Waals surface area contributed by atoms with Crippen LogP contribution in [0, 0.1) is 0 Å². The van der Waals surface area contributed by atoms with E-state index in [0.29, 0.717) is 0 Å². The highest BCUT2D eigenvalue weighted by atomic mass is 79.9. The van der Waals surface area contributed by atoms with Crippen molar-refractivity contribution in [2.24, 2.45) is 0 Å². The van der Waals surface area contributed by atoms with Crippen molar-refractivity contribution in [2.75, 3.05) is 12.4 Å². The van der Waals surface area contributed by atoms with E-state index in [1.165, 1.54) is 24.1 Å². The molecule has 0 amide bonds. The van der Waals surface area contributed by atoms with Gasteiger partial charge in [-0.1, -0.05) is 19.8 Å². The highest BCUT2D eigenvalue weighted by Crippen LogP contribution is 2.28. The lowest BCUT2D eigenvalue weighted by Gasteiger charge is -1.95. The molecule has 0 saturated carbocycles. The van der Waals surface area contributed by atoms with Crippen LogP contribution in [0.2, 0.25) is 0 Å². The molecule has 2 nitrogen and oxygen atoms in total. The van der Waals surface area contributed by atoms with Crippen molar-refractivity contribution < 1.29 is 0 Å².